The molecule has 2 aliphatic carbocycles. The number of carbonyl (C=O) groups is 1. The van der Waals surface area contributed by atoms with Crippen LogP contribution in [0.15, 0.2) is 46.8 Å². The van der Waals surface area contributed by atoms with Crippen molar-refractivity contribution in [2.45, 2.75) is 55.4 Å². The zero-order chi connectivity index (χ0) is 25.4. The van der Waals surface area contributed by atoms with Gasteiger partial charge in [-0.25, -0.2) is 0 Å². The first kappa shape index (κ1) is 24.2. The molecule has 1 aromatic heterocycles. The lowest BCUT2D eigenvalue weighted by atomic mass is 9.45. The molecule has 6 atom stereocenters. The predicted octanol–water partition coefficient (Wildman–Crippen LogP) is 4.34. The van der Waals surface area contributed by atoms with Crippen LogP contribution in [0.5, 0.6) is 11.5 Å². The minimum absolute atomic E-state index is 0.0751. The highest BCUT2D eigenvalue weighted by Crippen LogP contribution is 2.67. The molecule has 6 rings (SSSR count). The van der Waals surface area contributed by atoms with E-state index in [1.54, 1.807) is 28.4 Å². The van der Waals surface area contributed by atoms with E-state index in [1.807, 2.05) is 36.7 Å². The Kier molecular flexibility index (Phi) is 5.68. The number of carbonyl (C=O) groups excluding carboxylic acids is 1. The van der Waals surface area contributed by atoms with Crippen molar-refractivity contribution in [3.05, 3.63) is 62.8 Å². The van der Waals surface area contributed by atoms with Gasteiger partial charge in [-0.3, -0.25) is 9.69 Å². The fourth-order valence-corrected chi connectivity index (χ4v) is 8.97. The summed E-state index contributed by atoms with van der Waals surface area (Å²) in [6.07, 6.45) is 6.94. The highest BCUT2D eigenvalue weighted by molar-refractivity contribution is 9.10. The van der Waals surface area contributed by atoms with Crippen molar-refractivity contribution in [3.8, 4) is 11.5 Å². The molecule has 2 fully saturated rings. The number of phenols is 1. The molecule has 1 saturated heterocycles. The summed E-state index contributed by atoms with van der Waals surface area (Å²) in [4.78, 5) is 18.5. The molecule has 8 heteroatoms. The predicted molar refractivity (Wildman–Crippen MR) is 144 cm³/mol. The molecule has 2 aliphatic heterocycles. The van der Waals surface area contributed by atoms with E-state index in [-0.39, 0.29) is 29.7 Å². The molecule has 3 unspecified atom stereocenters. The number of rotatable bonds is 5. The molecule has 1 aromatic carbocycles. The van der Waals surface area contributed by atoms with E-state index >= 15 is 0 Å². The fraction of sp³-hybridized carbons (Fsp3) is 0.464. The summed E-state index contributed by atoms with van der Waals surface area (Å²) >= 11 is 5.03. The lowest BCUT2D eigenvalue weighted by molar-refractivity contribution is -0.222. The molecule has 6 nitrogen and oxygen atoms in total. The third-order valence-electron chi connectivity index (χ3n) is 9.15. The Morgan fingerprint density at radius 3 is 2.97 bits per heavy atom. The van der Waals surface area contributed by atoms with Crippen molar-refractivity contribution < 1.29 is 19.7 Å². The van der Waals surface area contributed by atoms with Crippen molar-refractivity contribution in [1.29, 1.82) is 0 Å². The molecular weight excluding hydrogens is 540 g/mol. The minimum atomic E-state index is -1.04. The number of nitrogens with zero attached hydrogens (tertiary/aromatic N) is 2. The zero-order valence-corrected chi connectivity index (χ0v) is 22.9. The lowest BCUT2D eigenvalue weighted by Crippen LogP contribution is -2.80. The monoisotopic (exact) mass is 570 g/mol. The van der Waals surface area contributed by atoms with Crippen LogP contribution in [0.3, 0.4) is 0 Å². The molecule has 2 aromatic rings. The van der Waals surface area contributed by atoms with E-state index in [2.05, 4.69) is 34.3 Å². The summed E-state index contributed by atoms with van der Waals surface area (Å²) in [5.74, 6) is 0.425. The van der Waals surface area contributed by atoms with Crippen molar-refractivity contribution in [1.82, 2.24) is 9.80 Å². The number of aliphatic hydroxyl groups is 1. The number of halogens is 1. The highest BCUT2D eigenvalue weighted by atomic mass is 79.9. The Hall–Kier alpha value is -2.13. The second kappa shape index (κ2) is 8.45. The highest BCUT2D eigenvalue weighted by Gasteiger charge is 2.75. The molecule has 36 heavy (non-hydrogen) atoms. The number of aromatic hydroxyl groups is 1. The summed E-state index contributed by atoms with van der Waals surface area (Å²) in [6.45, 7) is 7.58. The quantitative estimate of drug-likeness (QED) is 0.413. The second-order valence-electron chi connectivity index (χ2n) is 10.7. The summed E-state index contributed by atoms with van der Waals surface area (Å²) in [5.41, 5.74) is 0.361. The number of piperidine rings is 1. The number of amides is 1. The molecule has 1 spiro atoms. The van der Waals surface area contributed by atoms with E-state index in [9.17, 15) is 15.0 Å². The molecule has 3 heterocycles. The van der Waals surface area contributed by atoms with Gasteiger partial charge < -0.3 is 19.8 Å². The summed E-state index contributed by atoms with van der Waals surface area (Å²) < 4.78 is 7.59. The van der Waals surface area contributed by atoms with Crippen molar-refractivity contribution in [3.63, 3.8) is 0 Å². The van der Waals surface area contributed by atoms with Crippen LogP contribution in [-0.4, -0.2) is 69.8 Å². The molecular formula is C28H31BrN2O4S. The summed E-state index contributed by atoms with van der Waals surface area (Å²) in [7, 11) is 1.83. The van der Waals surface area contributed by atoms with Crippen LogP contribution in [0.1, 0.15) is 35.8 Å². The second-order valence-corrected chi connectivity index (χ2v) is 12.5. The summed E-state index contributed by atoms with van der Waals surface area (Å²) in [6, 6.07) is 5.35. The van der Waals surface area contributed by atoms with Gasteiger partial charge in [0.15, 0.2) is 11.5 Å². The van der Waals surface area contributed by atoms with Crippen LogP contribution in [0.4, 0.5) is 0 Å². The molecule has 0 radical (unpaired) electrons. The number of hydrogen-bond acceptors (Lipinski definition) is 6. The smallest absolute Gasteiger partial charge is 0.246 e. The van der Waals surface area contributed by atoms with Gasteiger partial charge in [0.2, 0.25) is 5.91 Å². The first-order chi connectivity index (χ1) is 17.2. The third kappa shape index (κ3) is 3.11. The van der Waals surface area contributed by atoms with Crippen LogP contribution in [-0.2, 0) is 16.6 Å². The van der Waals surface area contributed by atoms with Gasteiger partial charge in [-0.2, -0.15) is 0 Å². The molecule has 1 amide bonds. The lowest BCUT2D eigenvalue weighted by Gasteiger charge is -2.66. The van der Waals surface area contributed by atoms with Gasteiger partial charge in [-0.15, -0.1) is 17.9 Å². The average molecular weight is 572 g/mol. The molecule has 2 bridgehead atoms. The maximum Gasteiger partial charge on any atom is 0.246 e. The Morgan fingerprint density at radius 2 is 2.25 bits per heavy atom. The van der Waals surface area contributed by atoms with Crippen molar-refractivity contribution >= 4 is 39.2 Å². The minimum Gasteiger partial charge on any atom is -0.504 e. The SMILES string of the molecule is C=CCN1CC[C@]23c4c5ccc(O)c4OC2C(N(C)C(=O)/C=C/c2cc(Br)cs2)CC(C)[C@@]3(O)[C@H]1C5. The number of benzene rings is 1. The van der Waals surface area contributed by atoms with Gasteiger partial charge >= 0.3 is 0 Å². The first-order valence-electron chi connectivity index (χ1n) is 12.5. The van der Waals surface area contributed by atoms with Gasteiger partial charge in [0, 0.05) is 46.0 Å². The Bertz CT molecular complexity index is 1280. The standard InChI is InChI=1S/C28H31BrN2O4S/c1-4-10-31-11-9-27-24-17-5-7-21(32)25(24)35-26(27)20(12-16(2)28(27,34)22(31)13-17)30(3)23(33)8-6-19-14-18(29)15-36-19/h4-8,14-16,20,22,26,32,34H,1,9-13H2,2-3H3/b8-6+/t16?,20?,22-,26?,27+,28-/m1/s1. The maximum absolute atomic E-state index is 13.4. The Labute approximate surface area is 224 Å². The van der Waals surface area contributed by atoms with E-state index < -0.39 is 17.1 Å². The molecule has 2 N–H and O–H groups in total. The van der Waals surface area contributed by atoms with Crippen LogP contribution in [0.2, 0.25) is 0 Å². The topological polar surface area (TPSA) is 73.2 Å². The van der Waals surface area contributed by atoms with Crippen LogP contribution >= 0.6 is 27.3 Å². The molecule has 1 saturated carbocycles. The van der Waals surface area contributed by atoms with Gasteiger partial charge in [0.05, 0.1) is 17.1 Å². The Balaban J connectivity index is 1.42. The van der Waals surface area contributed by atoms with Gasteiger partial charge in [-0.05, 0) is 71.4 Å². The largest absolute Gasteiger partial charge is 0.504 e. The van der Waals surface area contributed by atoms with Crippen molar-refractivity contribution in [2.24, 2.45) is 5.92 Å². The van der Waals surface area contributed by atoms with Gasteiger partial charge in [0.25, 0.3) is 0 Å². The van der Waals surface area contributed by atoms with Gasteiger partial charge in [0.1, 0.15) is 6.10 Å². The first-order valence-corrected chi connectivity index (χ1v) is 14.2. The van der Waals surface area contributed by atoms with Crippen LogP contribution in [0, 0.1) is 5.92 Å². The molecule has 4 aliphatic rings. The van der Waals surface area contributed by atoms with E-state index in [0.717, 1.165) is 27.0 Å². The fourth-order valence-electron chi connectivity index (χ4n) is 7.64. The zero-order valence-electron chi connectivity index (χ0n) is 20.5. The van der Waals surface area contributed by atoms with Gasteiger partial charge in [-0.1, -0.05) is 19.1 Å². The number of likely N-dealkylation sites (N-methyl/N-ethyl adjacent to an activating group) is 1. The number of likely N-dealkylation sites (tertiary alicyclic amines) is 1. The third-order valence-corrected chi connectivity index (χ3v) is 10.8. The van der Waals surface area contributed by atoms with Crippen LogP contribution in [0.25, 0.3) is 6.08 Å². The van der Waals surface area contributed by atoms with Crippen LogP contribution < -0.4 is 4.74 Å². The Morgan fingerprint density at radius 1 is 1.44 bits per heavy atom. The number of hydrogen-bond donors (Lipinski definition) is 2. The number of phenolic OH excluding ortho intramolecular Hbond substituents is 1. The maximum atomic E-state index is 13.4. The number of thiophene rings is 1. The van der Waals surface area contributed by atoms with E-state index in [4.69, 9.17) is 4.74 Å². The van der Waals surface area contributed by atoms with E-state index in [0.29, 0.717) is 31.6 Å². The average Bonchev–Trinajstić information content (AvgIpc) is 3.43. The number of ether oxygens (including phenoxy) is 1. The summed E-state index contributed by atoms with van der Waals surface area (Å²) in [5, 5.41) is 25.5. The molecule has 190 valence electrons. The normalized spacial score (nSPS) is 34.3. The van der Waals surface area contributed by atoms with E-state index in [1.165, 1.54) is 0 Å². The van der Waals surface area contributed by atoms with Crippen molar-refractivity contribution in [2.75, 3.05) is 20.1 Å².